The molecule has 2 N–H and O–H groups in total. The van der Waals surface area contributed by atoms with Crippen LogP contribution < -0.4 is 14.7 Å². The first-order valence-electron chi connectivity index (χ1n) is 21.9. The zero-order chi connectivity index (χ0) is 41.5. The van der Waals surface area contributed by atoms with Crippen molar-refractivity contribution in [1.82, 2.24) is 4.90 Å². The Hall–Kier alpha value is -4.36. The molecule has 5 heterocycles. The van der Waals surface area contributed by atoms with Crippen LogP contribution in [0.1, 0.15) is 99.8 Å². The SMILES string of the molecule is C[C@@H]1[C@@H]([Si](C)(C)O)[C@H](CC(=O)N2Cc3ccccc3C[C@H]2CO)O[C@@]12C(=O)N(Cc1cccc(N3CCCCCCC3=O)c1)c1ccc(N3CCCCCCC3=O)cc12. The van der Waals surface area contributed by atoms with Crippen LogP contribution in [0.4, 0.5) is 17.1 Å². The Balaban J connectivity index is 1.17. The second kappa shape index (κ2) is 16.9. The molecule has 5 atom stereocenters. The number of fused-ring (bicyclic) bond motifs is 3. The maximum atomic E-state index is 15.5. The lowest BCUT2D eigenvalue weighted by molar-refractivity contribution is -0.151. The van der Waals surface area contributed by atoms with Crippen molar-refractivity contribution in [3.8, 4) is 0 Å². The van der Waals surface area contributed by atoms with Crippen LogP contribution >= 0.6 is 0 Å². The molecule has 12 heteroatoms. The molecule has 5 aliphatic heterocycles. The van der Waals surface area contributed by atoms with Crippen molar-refractivity contribution < 1.29 is 33.8 Å². The van der Waals surface area contributed by atoms with E-state index in [1.807, 2.05) is 96.5 Å². The van der Waals surface area contributed by atoms with E-state index in [0.717, 1.165) is 73.7 Å². The first-order chi connectivity index (χ1) is 28.4. The van der Waals surface area contributed by atoms with Gasteiger partial charge in [0.2, 0.25) is 17.7 Å². The number of ether oxygens (including phenoxy) is 1. The average Bonchev–Trinajstić information content (AvgIpc) is 3.63. The zero-order valence-electron chi connectivity index (χ0n) is 34.9. The van der Waals surface area contributed by atoms with Gasteiger partial charge in [-0.25, -0.2) is 0 Å². The summed E-state index contributed by atoms with van der Waals surface area (Å²) in [6, 6.07) is 21.3. The molecule has 11 nitrogen and oxygen atoms in total. The van der Waals surface area contributed by atoms with Crippen molar-refractivity contribution in [3.05, 3.63) is 89.0 Å². The summed E-state index contributed by atoms with van der Waals surface area (Å²) in [7, 11) is -3.12. The van der Waals surface area contributed by atoms with Crippen LogP contribution in [0.2, 0.25) is 18.6 Å². The van der Waals surface area contributed by atoms with Gasteiger partial charge in [0.25, 0.3) is 5.91 Å². The van der Waals surface area contributed by atoms with E-state index >= 15 is 4.79 Å². The Morgan fingerprint density at radius 1 is 0.814 bits per heavy atom. The van der Waals surface area contributed by atoms with Gasteiger partial charge in [0.1, 0.15) is 0 Å². The maximum Gasteiger partial charge on any atom is 0.264 e. The highest BCUT2D eigenvalue weighted by molar-refractivity contribution is 6.71. The number of anilines is 3. The van der Waals surface area contributed by atoms with E-state index in [0.29, 0.717) is 55.8 Å². The molecule has 0 aromatic heterocycles. The van der Waals surface area contributed by atoms with Crippen LogP contribution in [-0.2, 0) is 49.0 Å². The number of carbonyl (C=O) groups is 4. The fourth-order valence-corrected chi connectivity index (χ4v) is 13.3. The lowest BCUT2D eigenvalue weighted by Gasteiger charge is -2.37. The molecule has 3 aromatic rings. The highest BCUT2D eigenvalue weighted by Gasteiger charge is 2.66. The summed E-state index contributed by atoms with van der Waals surface area (Å²) in [5, 5.41) is 10.4. The number of nitrogens with zero attached hydrogens (tertiary/aromatic N) is 4. The molecule has 0 radical (unpaired) electrons. The monoisotopic (exact) mass is 820 g/mol. The van der Waals surface area contributed by atoms with Crippen molar-refractivity contribution in [3.63, 3.8) is 0 Å². The minimum absolute atomic E-state index is 0.0504. The molecule has 4 amide bonds. The molecule has 8 rings (SSSR count). The van der Waals surface area contributed by atoms with Crippen molar-refractivity contribution in [1.29, 1.82) is 0 Å². The molecule has 3 aromatic carbocycles. The number of aliphatic hydroxyl groups excluding tert-OH is 1. The molecule has 0 saturated carbocycles. The van der Waals surface area contributed by atoms with Gasteiger partial charge >= 0.3 is 0 Å². The minimum Gasteiger partial charge on any atom is -0.432 e. The number of hydrogen-bond donors (Lipinski definition) is 2. The smallest absolute Gasteiger partial charge is 0.264 e. The summed E-state index contributed by atoms with van der Waals surface area (Å²) in [6.07, 6.45) is 8.46. The number of benzene rings is 3. The second-order valence-electron chi connectivity index (χ2n) is 18.1. The summed E-state index contributed by atoms with van der Waals surface area (Å²) in [5.41, 5.74) is 3.87. The van der Waals surface area contributed by atoms with Crippen LogP contribution in [0, 0.1) is 5.92 Å². The predicted molar refractivity (Wildman–Crippen MR) is 230 cm³/mol. The van der Waals surface area contributed by atoms with Gasteiger partial charge in [-0.3, -0.25) is 19.2 Å². The van der Waals surface area contributed by atoms with Crippen LogP contribution in [0.25, 0.3) is 0 Å². The molecule has 3 fully saturated rings. The van der Waals surface area contributed by atoms with Gasteiger partial charge in [0.05, 0.1) is 37.4 Å². The fourth-order valence-electron chi connectivity index (χ4n) is 10.8. The quantitative estimate of drug-likeness (QED) is 0.235. The normalized spacial score (nSPS) is 26.7. The third-order valence-corrected chi connectivity index (χ3v) is 16.3. The number of aliphatic hydroxyl groups is 1. The van der Waals surface area contributed by atoms with Gasteiger partial charge in [-0.15, -0.1) is 0 Å². The number of carbonyl (C=O) groups excluding carboxylic acids is 4. The maximum absolute atomic E-state index is 15.5. The number of rotatable bonds is 8. The Kier molecular flexibility index (Phi) is 11.9. The third-order valence-electron chi connectivity index (χ3n) is 13.8. The zero-order valence-corrected chi connectivity index (χ0v) is 35.9. The van der Waals surface area contributed by atoms with E-state index in [1.165, 1.54) is 0 Å². The van der Waals surface area contributed by atoms with Crippen molar-refractivity contribution in [2.45, 2.75) is 133 Å². The molecule has 59 heavy (non-hydrogen) atoms. The van der Waals surface area contributed by atoms with E-state index in [4.69, 9.17) is 4.74 Å². The molecule has 1 spiro atoms. The Bertz CT molecular complexity index is 2090. The van der Waals surface area contributed by atoms with E-state index in [2.05, 4.69) is 0 Å². The van der Waals surface area contributed by atoms with Gasteiger partial charge < -0.3 is 34.2 Å². The molecule has 0 aliphatic carbocycles. The highest BCUT2D eigenvalue weighted by Crippen LogP contribution is 2.60. The summed E-state index contributed by atoms with van der Waals surface area (Å²) in [4.78, 5) is 76.0. The van der Waals surface area contributed by atoms with Gasteiger partial charge in [0.15, 0.2) is 13.9 Å². The Labute approximate surface area is 349 Å². The van der Waals surface area contributed by atoms with Crippen LogP contribution in [-0.4, -0.2) is 78.6 Å². The van der Waals surface area contributed by atoms with Gasteiger partial charge in [-0.05, 0) is 92.2 Å². The Morgan fingerprint density at radius 3 is 2.12 bits per heavy atom. The van der Waals surface area contributed by atoms with Gasteiger partial charge in [-0.2, -0.15) is 0 Å². The highest BCUT2D eigenvalue weighted by atomic mass is 28.4. The fraction of sp³-hybridized carbons (Fsp3) is 0.532. The second-order valence-corrected chi connectivity index (χ2v) is 22.1. The molecule has 0 unspecified atom stereocenters. The summed E-state index contributed by atoms with van der Waals surface area (Å²) in [5.74, 6) is -0.787. The van der Waals surface area contributed by atoms with Gasteiger partial charge in [-0.1, -0.05) is 69.0 Å². The lowest BCUT2D eigenvalue weighted by atomic mass is 9.82. The van der Waals surface area contributed by atoms with Crippen molar-refractivity contribution >= 4 is 49.0 Å². The van der Waals surface area contributed by atoms with Crippen molar-refractivity contribution in [2.24, 2.45) is 5.92 Å². The molecular formula is C47H60N4O7Si. The number of hydrogen-bond acceptors (Lipinski definition) is 7. The minimum atomic E-state index is -3.12. The molecule has 5 aliphatic rings. The van der Waals surface area contributed by atoms with Crippen molar-refractivity contribution in [2.75, 3.05) is 34.4 Å². The predicted octanol–water partition coefficient (Wildman–Crippen LogP) is 6.96. The third kappa shape index (κ3) is 7.89. The van der Waals surface area contributed by atoms with Crippen LogP contribution in [0.3, 0.4) is 0 Å². The van der Waals surface area contributed by atoms with E-state index in [-0.39, 0.29) is 43.2 Å². The molecule has 0 bridgehead atoms. The van der Waals surface area contributed by atoms with Crippen LogP contribution in [0.15, 0.2) is 66.7 Å². The number of amides is 4. The van der Waals surface area contributed by atoms with Gasteiger partial charge in [0, 0.05) is 60.9 Å². The summed E-state index contributed by atoms with van der Waals surface area (Å²) >= 11 is 0. The van der Waals surface area contributed by atoms with E-state index in [9.17, 15) is 24.3 Å². The van der Waals surface area contributed by atoms with E-state index in [1.54, 1.807) is 9.80 Å². The topological polar surface area (TPSA) is 131 Å². The summed E-state index contributed by atoms with van der Waals surface area (Å²) < 4.78 is 7.16. The lowest BCUT2D eigenvalue weighted by Crippen LogP contribution is -2.48. The first-order valence-corrected chi connectivity index (χ1v) is 25.0. The largest absolute Gasteiger partial charge is 0.432 e. The van der Waals surface area contributed by atoms with Crippen LogP contribution in [0.5, 0.6) is 0 Å². The standard InChI is InChI=1S/C47H60N4O7Si/c1-32-45(59(2,3)57)41(28-44(55)50-30-35-17-11-10-16-34(35)26-38(50)31-52)58-47(32)39-27-37(49-24-13-7-5-9-20-43(49)54)21-22-40(39)51(46(47)56)29-33-15-14-18-36(25-33)48-23-12-6-4-8-19-42(48)53/h10-11,14-18,21-22,25,27,32,38,41,45,52,57H,4-9,12-13,19-20,23-24,26,28-31H2,1-3H3/t32-,38+,41+,45-,47+/m1/s1. The average molecular weight is 821 g/mol. The molecule has 314 valence electrons. The molecular weight excluding hydrogens is 761 g/mol. The first kappa shape index (κ1) is 41.4. The summed E-state index contributed by atoms with van der Waals surface area (Å²) in [6.45, 7) is 7.33. The molecule has 3 saturated heterocycles. The van der Waals surface area contributed by atoms with E-state index < -0.39 is 37.5 Å². The Morgan fingerprint density at radius 2 is 1.46 bits per heavy atom.